The Bertz CT molecular complexity index is 576. The van der Waals surface area contributed by atoms with Crippen molar-refractivity contribution in [3.8, 4) is 0 Å². The number of carbonyl (C=O) groups is 2. The van der Waals surface area contributed by atoms with Gasteiger partial charge in [-0.05, 0) is 16.7 Å². The number of carbonyl (C=O) groups excluding carboxylic acids is 2. The van der Waals surface area contributed by atoms with Crippen molar-refractivity contribution in [1.29, 1.82) is 0 Å². The summed E-state index contributed by atoms with van der Waals surface area (Å²) in [6, 6.07) is 3.41. The van der Waals surface area contributed by atoms with Crippen LogP contribution in [0.5, 0.6) is 0 Å². The van der Waals surface area contributed by atoms with E-state index < -0.39 is 28.1 Å². The third kappa shape index (κ3) is 2.42. The zero-order valence-electron chi connectivity index (χ0n) is 9.06. The summed E-state index contributed by atoms with van der Waals surface area (Å²) in [5, 5.41) is 13.5. The Kier molecular flexibility index (Phi) is 3.95. The maximum Gasteiger partial charge on any atom is 0.338 e. The molecule has 0 bridgehead atoms. The Hall–Kier alpha value is -2.93. The smallest absolute Gasteiger partial charge is 0.338 e. The van der Waals surface area contributed by atoms with Crippen LogP contribution in [0, 0.1) is 10.1 Å². The van der Waals surface area contributed by atoms with E-state index in [9.17, 15) is 19.7 Å². The number of nitro benzene ring substituents is 1. The molecule has 0 saturated heterocycles. The highest BCUT2D eigenvalue weighted by molar-refractivity contribution is 6.08. The number of esters is 1. The first-order valence-electron chi connectivity index (χ1n) is 4.48. The topological polar surface area (TPSA) is 135 Å². The van der Waals surface area contributed by atoms with Gasteiger partial charge in [0.2, 0.25) is 0 Å². The summed E-state index contributed by atoms with van der Waals surface area (Å²) in [6.07, 6.45) is 0. The van der Waals surface area contributed by atoms with Crippen LogP contribution in [0.2, 0.25) is 0 Å². The molecule has 0 radical (unpaired) electrons. The molecule has 0 atom stereocenters. The molecule has 0 spiro atoms. The fraction of sp³-hybridized carbons (Fsp3) is 0.111. The molecule has 0 saturated carbocycles. The number of methoxy groups -OCH3 is 1. The van der Waals surface area contributed by atoms with Crippen molar-refractivity contribution < 1.29 is 19.2 Å². The van der Waals surface area contributed by atoms with Crippen LogP contribution >= 0.6 is 0 Å². The molecule has 9 heteroatoms. The first kappa shape index (κ1) is 13.1. The molecule has 0 aliphatic carbocycles. The normalized spacial score (nSPS) is 9.17. The second-order valence-electron chi connectivity index (χ2n) is 2.94. The van der Waals surface area contributed by atoms with E-state index in [2.05, 4.69) is 14.8 Å². The standard InChI is InChI=1S/C9H6N4O5/c1-18-9(15)5-3-2-4-6(13(16)17)7(5)8(14)11-12-10/h2-4H,1H3. The fourth-order valence-electron chi connectivity index (χ4n) is 1.29. The summed E-state index contributed by atoms with van der Waals surface area (Å²) in [4.78, 5) is 35.0. The Morgan fingerprint density at radius 1 is 1.50 bits per heavy atom. The van der Waals surface area contributed by atoms with Crippen molar-refractivity contribution in [2.24, 2.45) is 5.11 Å². The summed E-state index contributed by atoms with van der Waals surface area (Å²) in [6.45, 7) is 0. The summed E-state index contributed by atoms with van der Waals surface area (Å²) in [5.41, 5.74) is 6.62. The van der Waals surface area contributed by atoms with E-state index in [0.717, 1.165) is 13.2 Å². The van der Waals surface area contributed by atoms with Gasteiger partial charge in [-0.25, -0.2) is 4.79 Å². The summed E-state index contributed by atoms with van der Waals surface area (Å²) in [7, 11) is 1.06. The molecule has 9 nitrogen and oxygen atoms in total. The van der Waals surface area contributed by atoms with Gasteiger partial charge in [0.25, 0.3) is 11.6 Å². The first-order valence-corrected chi connectivity index (χ1v) is 4.48. The molecule has 1 amide bonds. The van der Waals surface area contributed by atoms with Gasteiger partial charge in [-0.15, -0.1) is 0 Å². The number of ether oxygens (including phenoxy) is 1. The van der Waals surface area contributed by atoms with Crippen LogP contribution in [0.1, 0.15) is 20.7 Å². The van der Waals surface area contributed by atoms with Gasteiger partial charge in [-0.1, -0.05) is 6.07 Å². The van der Waals surface area contributed by atoms with E-state index in [1.165, 1.54) is 12.1 Å². The van der Waals surface area contributed by atoms with Gasteiger partial charge in [0.15, 0.2) is 0 Å². The van der Waals surface area contributed by atoms with Gasteiger partial charge in [0.05, 0.1) is 17.6 Å². The predicted octanol–water partition coefficient (Wildman–Crippen LogP) is 1.83. The van der Waals surface area contributed by atoms with Crippen LogP contribution < -0.4 is 0 Å². The van der Waals surface area contributed by atoms with Gasteiger partial charge in [-0.3, -0.25) is 14.9 Å². The number of hydrogen-bond acceptors (Lipinski definition) is 5. The zero-order valence-corrected chi connectivity index (χ0v) is 9.06. The number of benzene rings is 1. The molecule has 0 aromatic heterocycles. The molecule has 0 fully saturated rings. The Morgan fingerprint density at radius 3 is 2.67 bits per heavy atom. The van der Waals surface area contributed by atoms with Gasteiger partial charge in [0.1, 0.15) is 5.56 Å². The van der Waals surface area contributed by atoms with Gasteiger partial charge >= 0.3 is 5.97 Å². The molecule has 0 aliphatic heterocycles. The van der Waals surface area contributed by atoms with Gasteiger partial charge in [-0.2, -0.15) is 0 Å². The van der Waals surface area contributed by atoms with E-state index in [1.54, 1.807) is 0 Å². The maximum atomic E-state index is 11.5. The minimum atomic E-state index is -1.22. The van der Waals surface area contributed by atoms with Crippen LogP contribution in [-0.2, 0) is 4.74 Å². The van der Waals surface area contributed by atoms with Gasteiger partial charge < -0.3 is 4.74 Å². The Morgan fingerprint density at radius 2 is 2.17 bits per heavy atom. The molecule has 18 heavy (non-hydrogen) atoms. The minimum absolute atomic E-state index is 0.330. The zero-order chi connectivity index (χ0) is 13.7. The highest BCUT2D eigenvalue weighted by atomic mass is 16.6. The van der Waals surface area contributed by atoms with Gasteiger partial charge in [0, 0.05) is 11.0 Å². The number of azide groups is 1. The largest absolute Gasteiger partial charge is 0.465 e. The molecular formula is C9H6N4O5. The first-order chi connectivity index (χ1) is 8.52. The number of nitrogens with zero attached hydrogens (tertiary/aromatic N) is 4. The lowest BCUT2D eigenvalue weighted by Gasteiger charge is -2.04. The molecule has 92 valence electrons. The fourth-order valence-corrected chi connectivity index (χ4v) is 1.29. The molecule has 0 heterocycles. The third-order valence-corrected chi connectivity index (χ3v) is 1.99. The van der Waals surface area contributed by atoms with Crippen LogP contribution in [0.4, 0.5) is 5.69 Å². The molecule has 1 rings (SSSR count). The van der Waals surface area contributed by atoms with E-state index in [4.69, 9.17) is 5.53 Å². The number of amides is 1. The Balaban J connectivity index is 3.58. The number of rotatable bonds is 3. The quantitative estimate of drug-likeness (QED) is 0.201. The highest BCUT2D eigenvalue weighted by Gasteiger charge is 2.26. The lowest BCUT2D eigenvalue weighted by molar-refractivity contribution is -0.385. The van der Waals surface area contributed by atoms with Crippen molar-refractivity contribution in [3.05, 3.63) is 49.9 Å². The maximum absolute atomic E-state index is 11.5. The van der Waals surface area contributed by atoms with Crippen molar-refractivity contribution in [2.75, 3.05) is 7.11 Å². The third-order valence-electron chi connectivity index (χ3n) is 1.99. The Labute approximate surface area is 99.7 Å². The summed E-state index contributed by atoms with van der Waals surface area (Å²) >= 11 is 0. The average Bonchev–Trinajstić information content (AvgIpc) is 2.37. The highest BCUT2D eigenvalue weighted by Crippen LogP contribution is 2.24. The molecule has 0 aliphatic rings. The molecule has 0 unspecified atom stereocenters. The van der Waals surface area contributed by atoms with E-state index >= 15 is 0 Å². The number of hydrogen-bond donors (Lipinski definition) is 0. The molecule has 1 aromatic carbocycles. The lowest BCUT2D eigenvalue weighted by Crippen LogP contribution is -2.11. The lowest BCUT2D eigenvalue weighted by atomic mass is 10.0. The number of nitro groups is 1. The second kappa shape index (κ2) is 5.41. The van der Waals surface area contributed by atoms with Crippen LogP contribution in [0.3, 0.4) is 0 Å². The second-order valence-corrected chi connectivity index (χ2v) is 2.94. The molecule has 0 N–H and O–H groups in total. The van der Waals surface area contributed by atoms with Crippen molar-refractivity contribution in [2.45, 2.75) is 0 Å². The molecular weight excluding hydrogens is 244 g/mol. The summed E-state index contributed by atoms with van der Waals surface area (Å²) in [5.74, 6) is -2.15. The van der Waals surface area contributed by atoms with Crippen LogP contribution in [0.15, 0.2) is 23.3 Å². The minimum Gasteiger partial charge on any atom is -0.465 e. The summed E-state index contributed by atoms with van der Waals surface area (Å²) < 4.78 is 4.39. The monoisotopic (exact) mass is 250 g/mol. The average molecular weight is 250 g/mol. The molecule has 1 aromatic rings. The van der Waals surface area contributed by atoms with E-state index in [1.807, 2.05) is 0 Å². The predicted molar refractivity (Wildman–Crippen MR) is 57.9 cm³/mol. The van der Waals surface area contributed by atoms with E-state index in [-0.39, 0.29) is 5.56 Å². The van der Waals surface area contributed by atoms with Crippen molar-refractivity contribution >= 4 is 17.6 Å². The van der Waals surface area contributed by atoms with Crippen molar-refractivity contribution in [1.82, 2.24) is 0 Å². The van der Waals surface area contributed by atoms with Crippen LogP contribution in [0.25, 0.3) is 10.4 Å². The van der Waals surface area contributed by atoms with Crippen molar-refractivity contribution in [3.63, 3.8) is 0 Å². The van der Waals surface area contributed by atoms with E-state index in [0.29, 0.717) is 0 Å². The van der Waals surface area contributed by atoms with Crippen LogP contribution in [-0.4, -0.2) is 23.9 Å². The SMILES string of the molecule is COC(=O)c1cccc([N+](=O)[O-])c1C(=O)N=[N+]=[N-].